The van der Waals surface area contributed by atoms with Crippen LogP contribution in [0.2, 0.25) is 0 Å². The van der Waals surface area contributed by atoms with Gasteiger partial charge in [0.1, 0.15) is 6.04 Å². The second kappa shape index (κ2) is 6.86. The van der Waals surface area contributed by atoms with Crippen LogP contribution in [0.3, 0.4) is 0 Å². The number of hydrogen-bond acceptors (Lipinski definition) is 3. The molecule has 1 saturated heterocycles. The molecule has 2 N–H and O–H groups in total. The van der Waals surface area contributed by atoms with Crippen molar-refractivity contribution in [1.29, 1.82) is 0 Å². The van der Waals surface area contributed by atoms with Crippen LogP contribution in [0, 0.1) is 5.92 Å². The van der Waals surface area contributed by atoms with Crippen LogP contribution in [0.5, 0.6) is 0 Å². The van der Waals surface area contributed by atoms with Crippen molar-refractivity contribution in [1.82, 2.24) is 4.90 Å². The maximum absolute atomic E-state index is 12.1. The SMILES string of the molecule is CCC(C(N)=O)N1CCCC(CN=[N+]=[N-])CC1=O. The second-order valence-corrected chi connectivity index (χ2v) is 4.54. The molecule has 0 aromatic rings. The molecule has 7 nitrogen and oxygen atoms in total. The summed E-state index contributed by atoms with van der Waals surface area (Å²) in [6.07, 6.45) is 2.49. The van der Waals surface area contributed by atoms with E-state index in [2.05, 4.69) is 10.0 Å². The minimum Gasteiger partial charge on any atom is -0.368 e. The molecular formula is C11H19N5O2. The molecule has 0 aromatic carbocycles. The zero-order valence-electron chi connectivity index (χ0n) is 10.6. The van der Waals surface area contributed by atoms with Gasteiger partial charge in [0.2, 0.25) is 11.8 Å². The average molecular weight is 253 g/mol. The Morgan fingerprint density at radius 1 is 1.72 bits per heavy atom. The molecule has 0 spiro atoms. The van der Waals surface area contributed by atoms with Crippen molar-refractivity contribution in [2.75, 3.05) is 13.1 Å². The largest absolute Gasteiger partial charge is 0.368 e. The fourth-order valence-corrected chi connectivity index (χ4v) is 2.35. The molecule has 1 rings (SSSR count). The highest BCUT2D eigenvalue weighted by atomic mass is 16.2. The molecule has 1 heterocycles. The van der Waals surface area contributed by atoms with Gasteiger partial charge < -0.3 is 10.6 Å². The second-order valence-electron chi connectivity index (χ2n) is 4.54. The van der Waals surface area contributed by atoms with Gasteiger partial charge in [-0.15, -0.1) is 0 Å². The van der Waals surface area contributed by atoms with Gasteiger partial charge in [0.05, 0.1) is 0 Å². The van der Waals surface area contributed by atoms with Crippen LogP contribution in [0.1, 0.15) is 32.6 Å². The van der Waals surface area contributed by atoms with E-state index < -0.39 is 11.9 Å². The Hall–Kier alpha value is -1.75. The van der Waals surface area contributed by atoms with E-state index >= 15 is 0 Å². The van der Waals surface area contributed by atoms with Gasteiger partial charge >= 0.3 is 0 Å². The van der Waals surface area contributed by atoms with E-state index in [1.807, 2.05) is 6.92 Å². The van der Waals surface area contributed by atoms with Crippen molar-refractivity contribution in [2.45, 2.75) is 38.6 Å². The summed E-state index contributed by atoms with van der Waals surface area (Å²) in [4.78, 5) is 27.7. The van der Waals surface area contributed by atoms with E-state index in [9.17, 15) is 9.59 Å². The number of nitrogens with two attached hydrogens (primary N) is 1. The van der Waals surface area contributed by atoms with Gasteiger partial charge in [0.15, 0.2) is 0 Å². The van der Waals surface area contributed by atoms with E-state index in [1.165, 1.54) is 0 Å². The predicted molar refractivity (Wildman–Crippen MR) is 66.3 cm³/mol. The van der Waals surface area contributed by atoms with Crippen LogP contribution in [0.4, 0.5) is 0 Å². The molecule has 2 unspecified atom stereocenters. The Morgan fingerprint density at radius 3 is 3.00 bits per heavy atom. The Balaban J connectivity index is 2.71. The Bertz CT molecular complexity index is 364. The van der Waals surface area contributed by atoms with Gasteiger partial charge in [0, 0.05) is 24.4 Å². The summed E-state index contributed by atoms with van der Waals surface area (Å²) in [7, 11) is 0. The molecule has 1 fully saturated rings. The standard InChI is InChI=1S/C11H19N5O2/c1-2-9(11(12)18)16-5-3-4-8(6-10(16)17)7-14-15-13/h8-9H,2-7H2,1H3,(H2,12,18). The smallest absolute Gasteiger partial charge is 0.240 e. The minimum atomic E-state index is -0.518. The summed E-state index contributed by atoms with van der Waals surface area (Å²) >= 11 is 0. The van der Waals surface area contributed by atoms with Gasteiger partial charge in [-0.25, -0.2) is 0 Å². The zero-order chi connectivity index (χ0) is 13.5. The number of primary amides is 1. The first-order valence-corrected chi connectivity index (χ1v) is 6.19. The van der Waals surface area contributed by atoms with Crippen molar-refractivity contribution >= 4 is 11.8 Å². The molecule has 1 aliphatic heterocycles. The number of hydrogen-bond donors (Lipinski definition) is 1. The van der Waals surface area contributed by atoms with Gasteiger partial charge in [-0.2, -0.15) is 0 Å². The number of rotatable bonds is 5. The molecule has 2 amide bonds. The summed E-state index contributed by atoms with van der Waals surface area (Å²) in [6, 6.07) is -0.518. The van der Waals surface area contributed by atoms with Crippen LogP contribution in [-0.4, -0.2) is 35.8 Å². The maximum atomic E-state index is 12.1. The highest BCUT2D eigenvalue weighted by Crippen LogP contribution is 2.21. The minimum absolute atomic E-state index is 0.0729. The van der Waals surface area contributed by atoms with Gasteiger partial charge in [-0.05, 0) is 30.7 Å². The molecule has 2 atom stereocenters. The number of amides is 2. The summed E-state index contributed by atoms with van der Waals surface area (Å²) in [5, 5.41) is 3.51. The molecular weight excluding hydrogens is 234 g/mol. The third-order valence-corrected chi connectivity index (χ3v) is 3.29. The topological polar surface area (TPSA) is 112 Å². The normalized spacial score (nSPS) is 21.9. The van der Waals surface area contributed by atoms with Crippen LogP contribution in [0.25, 0.3) is 10.4 Å². The summed E-state index contributed by atoms with van der Waals surface area (Å²) in [5.41, 5.74) is 13.6. The molecule has 0 saturated carbocycles. The lowest BCUT2D eigenvalue weighted by molar-refractivity contribution is -0.139. The van der Waals surface area contributed by atoms with E-state index in [-0.39, 0.29) is 11.8 Å². The lowest BCUT2D eigenvalue weighted by Gasteiger charge is -2.27. The van der Waals surface area contributed by atoms with Gasteiger partial charge in [0.25, 0.3) is 0 Å². The van der Waals surface area contributed by atoms with E-state index in [0.717, 1.165) is 12.8 Å². The summed E-state index contributed by atoms with van der Waals surface area (Å²) in [5.74, 6) is -0.459. The number of carbonyl (C=O) groups excluding carboxylic acids is 2. The van der Waals surface area contributed by atoms with Gasteiger partial charge in [-0.3, -0.25) is 9.59 Å². The summed E-state index contributed by atoms with van der Waals surface area (Å²) < 4.78 is 0. The first kappa shape index (κ1) is 14.3. The van der Waals surface area contributed by atoms with Crippen LogP contribution in [0.15, 0.2) is 5.11 Å². The van der Waals surface area contributed by atoms with Crippen molar-refractivity contribution in [3.8, 4) is 0 Å². The first-order valence-electron chi connectivity index (χ1n) is 6.19. The molecule has 7 heteroatoms. The maximum Gasteiger partial charge on any atom is 0.240 e. The monoisotopic (exact) mass is 253 g/mol. The van der Waals surface area contributed by atoms with Crippen LogP contribution in [-0.2, 0) is 9.59 Å². The fraction of sp³-hybridized carbons (Fsp3) is 0.818. The van der Waals surface area contributed by atoms with Crippen molar-refractivity contribution < 1.29 is 9.59 Å². The number of likely N-dealkylation sites (tertiary alicyclic amines) is 1. The van der Waals surface area contributed by atoms with E-state index in [4.69, 9.17) is 11.3 Å². The predicted octanol–water partition coefficient (Wildman–Crippen LogP) is 1.19. The van der Waals surface area contributed by atoms with E-state index in [0.29, 0.717) is 25.9 Å². The summed E-state index contributed by atoms with van der Waals surface area (Å²) in [6.45, 7) is 2.72. The Labute approximate surface area is 106 Å². The average Bonchev–Trinajstić information content (AvgIpc) is 2.50. The lowest BCUT2D eigenvalue weighted by atomic mass is 10.0. The van der Waals surface area contributed by atoms with E-state index in [1.54, 1.807) is 4.90 Å². The molecule has 0 aliphatic carbocycles. The number of nitrogens with zero attached hydrogens (tertiary/aromatic N) is 4. The molecule has 100 valence electrons. The molecule has 1 aliphatic rings. The molecule has 0 aromatic heterocycles. The zero-order valence-corrected chi connectivity index (χ0v) is 10.6. The quantitative estimate of drug-likeness (QED) is 0.450. The Kier molecular flexibility index (Phi) is 5.45. The number of azide groups is 1. The van der Waals surface area contributed by atoms with Crippen LogP contribution >= 0.6 is 0 Å². The molecule has 18 heavy (non-hydrogen) atoms. The number of carbonyl (C=O) groups is 2. The van der Waals surface area contributed by atoms with Crippen molar-refractivity contribution in [2.24, 2.45) is 16.8 Å². The Morgan fingerprint density at radius 2 is 2.44 bits per heavy atom. The van der Waals surface area contributed by atoms with Crippen molar-refractivity contribution in [3.05, 3.63) is 10.4 Å². The fourth-order valence-electron chi connectivity index (χ4n) is 2.35. The van der Waals surface area contributed by atoms with Gasteiger partial charge in [-0.1, -0.05) is 12.0 Å². The molecule has 0 bridgehead atoms. The highest BCUT2D eigenvalue weighted by Gasteiger charge is 2.30. The lowest BCUT2D eigenvalue weighted by Crippen LogP contribution is -2.47. The molecule has 0 radical (unpaired) electrons. The third-order valence-electron chi connectivity index (χ3n) is 3.29. The third kappa shape index (κ3) is 3.63. The van der Waals surface area contributed by atoms with Crippen molar-refractivity contribution in [3.63, 3.8) is 0 Å². The van der Waals surface area contributed by atoms with Crippen LogP contribution < -0.4 is 5.73 Å². The first-order chi connectivity index (χ1) is 8.60. The highest BCUT2D eigenvalue weighted by molar-refractivity contribution is 5.86.